The van der Waals surface area contributed by atoms with Crippen LogP contribution in [0.15, 0.2) is 95.9 Å². The van der Waals surface area contributed by atoms with Gasteiger partial charge in [0.15, 0.2) is 0 Å². The molecule has 0 bridgehead atoms. The van der Waals surface area contributed by atoms with Crippen LogP contribution >= 0.6 is 0 Å². The van der Waals surface area contributed by atoms with Crippen LogP contribution in [-0.2, 0) is 16.4 Å². The minimum atomic E-state index is -4.05. The molecule has 0 aliphatic heterocycles. The predicted molar refractivity (Wildman–Crippen MR) is 157 cm³/mol. The first-order valence-corrected chi connectivity index (χ1v) is 14.5. The zero-order chi connectivity index (χ0) is 30.3. The molecule has 0 heterocycles. The van der Waals surface area contributed by atoms with Crippen LogP contribution in [-0.4, -0.2) is 36.5 Å². The Morgan fingerprint density at radius 3 is 1.90 bits per heavy atom. The van der Waals surface area contributed by atoms with Crippen LogP contribution in [0.2, 0.25) is 0 Å². The Morgan fingerprint density at radius 1 is 0.762 bits per heavy atom. The first kappa shape index (κ1) is 29.8. The van der Waals surface area contributed by atoms with Gasteiger partial charge in [-0.3, -0.25) is 9.52 Å². The zero-order valence-electron chi connectivity index (χ0n) is 22.5. The van der Waals surface area contributed by atoms with Crippen LogP contribution in [0.5, 0.6) is 11.5 Å². The van der Waals surface area contributed by atoms with E-state index in [-0.39, 0.29) is 38.9 Å². The Hall–Kier alpha value is -5.16. The highest BCUT2D eigenvalue weighted by Gasteiger charge is 2.20. The number of amides is 1. The number of anilines is 2. The number of carboxylic acid groups (broad SMARTS) is 2. The number of carboxylic acids is 2. The van der Waals surface area contributed by atoms with E-state index in [0.717, 1.165) is 30.9 Å². The summed E-state index contributed by atoms with van der Waals surface area (Å²) in [5.74, 6) is -3.13. The maximum absolute atomic E-state index is 12.8. The summed E-state index contributed by atoms with van der Waals surface area (Å²) < 4.78 is 33.3. The number of carbonyl (C=O) groups excluding carboxylic acids is 1. The largest absolute Gasteiger partial charge is 0.478 e. The number of carbonyl (C=O) groups is 3. The van der Waals surface area contributed by atoms with Crippen LogP contribution in [0.4, 0.5) is 11.4 Å². The fourth-order valence-corrected chi connectivity index (χ4v) is 5.16. The van der Waals surface area contributed by atoms with Crippen molar-refractivity contribution >= 4 is 39.2 Å². The van der Waals surface area contributed by atoms with Crippen LogP contribution in [0.25, 0.3) is 0 Å². The van der Waals surface area contributed by atoms with Crippen molar-refractivity contribution in [3.05, 3.63) is 113 Å². The Kier molecular flexibility index (Phi) is 9.23. The second-order valence-corrected chi connectivity index (χ2v) is 11.0. The van der Waals surface area contributed by atoms with Crippen molar-refractivity contribution in [3.8, 4) is 11.5 Å². The molecule has 4 rings (SSSR count). The lowest BCUT2D eigenvalue weighted by molar-refractivity contribution is 0.0687. The first-order valence-electron chi connectivity index (χ1n) is 13.0. The number of hydrogen-bond acceptors (Lipinski definition) is 6. The van der Waals surface area contributed by atoms with Gasteiger partial charge in [-0.05, 0) is 79.1 Å². The van der Waals surface area contributed by atoms with Gasteiger partial charge in [0.1, 0.15) is 11.5 Å². The summed E-state index contributed by atoms with van der Waals surface area (Å²) >= 11 is 0. The lowest BCUT2D eigenvalue weighted by Gasteiger charge is -2.14. The molecule has 0 unspecified atom stereocenters. The number of sulfonamides is 1. The average Bonchev–Trinajstić information content (AvgIpc) is 2.98. The molecule has 0 aliphatic carbocycles. The molecule has 42 heavy (non-hydrogen) atoms. The number of ether oxygens (including phenoxy) is 1. The van der Waals surface area contributed by atoms with E-state index in [1.54, 1.807) is 18.2 Å². The third kappa shape index (κ3) is 7.32. The standard InChI is InChI=1S/C31H28N2O8S/c1-2-3-7-20-10-12-21(13-11-20)29(34)32-27-16-14-22(18-25(27)30(35)36)41-23-15-17-28(26(19-23)31(37)38)33-42(39,40)24-8-5-4-6-9-24/h4-6,8-19,33H,2-3,7H2,1H3,(H,32,34)(H,35,36)(H,37,38). The molecule has 4 aromatic rings. The fraction of sp³-hybridized carbons (Fsp3) is 0.129. The smallest absolute Gasteiger partial charge is 0.337 e. The highest BCUT2D eigenvalue weighted by atomic mass is 32.2. The van der Waals surface area contributed by atoms with Gasteiger partial charge in [0.2, 0.25) is 0 Å². The van der Waals surface area contributed by atoms with Crippen molar-refractivity contribution in [2.75, 3.05) is 10.0 Å². The molecule has 4 aromatic carbocycles. The second-order valence-electron chi connectivity index (χ2n) is 9.30. The number of hydrogen-bond donors (Lipinski definition) is 4. The third-order valence-corrected chi connectivity index (χ3v) is 7.64. The molecule has 0 saturated carbocycles. The second kappa shape index (κ2) is 13.0. The molecule has 0 aromatic heterocycles. The van der Waals surface area contributed by atoms with Gasteiger partial charge in [0.25, 0.3) is 15.9 Å². The number of aryl methyl sites for hydroxylation is 1. The molecule has 0 spiro atoms. The van der Waals surface area contributed by atoms with Gasteiger partial charge >= 0.3 is 11.9 Å². The van der Waals surface area contributed by atoms with Crippen LogP contribution in [0, 0.1) is 0 Å². The minimum Gasteiger partial charge on any atom is -0.478 e. The summed E-state index contributed by atoms with van der Waals surface area (Å²) in [4.78, 5) is 36.6. The monoisotopic (exact) mass is 588 g/mol. The average molecular weight is 589 g/mol. The summed E-state index contributed by atoms with van der Waals surface area (Å²) in [7, 11) is -4.05. The Morgan fingerprint density at radius 2 is 1.33 bits per heavy atom. The summed E-state index contributed by atoms with van der Waals surface area (Å²) in [5.41, 5.74) is 0.722. The van der Waals surface area contributed by atoms with E-state index >= 15 is 0 Å². The van der Waals surface area contributed by atoms with Gasteiger partial charge in [-0.1, -0.05) is 43.7 Å². The van der Waals surface area contributed by atoms with Gasteiger partial charge in [0.05, 0.1) is 27.4 Å². The van der Waals surface area contributed by atoms with E-state index < -0.39 is 27.9 Å². The van der Waals surface area contributed by atoms with Crippen molar-refractivity contribution in [2.45, 2.75) is 31.1 Å². The van der Waals surface area contributed by atoms with Crippen molar-refractivity contribution in [3.63, 3.8) is 0 Å². The van der Waals surface area contributed by atoms with E-state index in [4.69, 9.17) is 4.74 Å². The van der Waals surface area contributed by atoms with Gasteiger partial charge in [-0.2, -0.15) is 0 Å². The van der Waals surface area contributed by atoms with E-state index in [9.17, 15) is 33.0 Å². The molecule has 216 valence electrons. The van der Waals surface area contributed by atoms with Gasteiger partial charge in [0, 0.05) is 5.56 Å². The highest BCUT2D eigenvalue weighted by Crippen LogP contribution is 2.31. The molecule has 11 heteroatoms. The lowest BCUT2D eigenvalue weighted by atomic mass is 10.1. The molecule has 0 aliphatic rings. The van der Waals surface area contributed by atoms with E-state index in [1.165, 1.54) is 54.6 Å². The normalized spacial score (nSPS) is 11.0. The number of unbranched alkanes of at least 4 members (excludes halogenated alkanes) is 1. The van der Waals surface area contributed by atoms with Crippen molar-refractivity contribution in [2.24, 2.45) is 0 Å². The highest BCUT2D eigenvalue weighted by molar-refractivity contribution is 7.92. The maximum Gasteiger partial charge on any atom is 0.337 e. The van der Waals surface area contributed by atoms with Gasteiger partial charge in [-0.15, -0.1) is 0 Å². The number of nitrogens with one attached hydrogen (secondary N) is 2. The number of aromatic carboxylic acids is 2. The van der Waals surface area contributed by atoms with E-state index in [0.29, 0.717) is 5.56 Å². The number of benzene rings is 4. The van der Waals surface area contributed by atoms with Crippen LogP contribution < -0.4 is 14.8 Å². The van der Waals surface area contributed by atoms with E-state index in [1.807, 2.05) is 12.1 Å². The molecule has 4 N–H and O–H groups in total. The van der Waals surface area contributed by atoms with Crippen molar-refractivity contribution < 1.29 is 37.8 Å². The summed E-state index contributed by atoms with van der Waals surface area (Å²) in [6, 6.07) is 22.2. The molecule has 0 radical (unpaired) electrons. The van der Waals surface area contributed by atoms with Crippen LogP contribution in [0.3, 0.4) is 0 Å². The Labute approximate surface area is 242 Å². The quantitative estimate of drug-likeness (QED) is 0.151. The molecule has 1 amide bonds. The lowest BCUT2D eigenvalue weighted by Crippen LogP contribution is -2.15. The van der Waals surface area contributed by atoms with Crippen molar-refractivity contribution in [1.82, 2.24) is 0 Å². The van der Waals surface area contributed by atoms with Crippen LogP contribution in [0.1, 0.15) is 56.4 Å². The minimum absolute atomic E-state index is 0.0198. The summed E-state index contributed by atoms with van der Waals surface area (Å²) in [6.45, 7) is 2.10. The Bertz CT molecular complexity index is 1720. The topological polar surface area (TPSA) is 159 Å². The fourth-order valence-electron chi connectivity index (χ4n) is 4.06. The zero-order valence-corrected chi connectivity index (χ0v) is 23.4. The molecule has 0 saturated heterocycles. The molecule has 0 atom stereocenters. The summed E-state index contributed by atoms with van der Waals surface area (Å²) in [6.07, 6.45) is 3.00. The first-order chi connectivity index (χ1) is 20.1. The Balaban J connectivity index is 1.53. The maximum atomic E-state index is 12.8. The number of rotatable bonds is 12. The van der Waals surface area contributed by atoms with Gasteiger partial charge < -0.3 is 20.3 Å². The molecule has 10 nitrogen and oxygen atoms in total. The summed E-state index contributed by atoms with van der Waals surface area (Å²) in [5, 5.41) is 22.1. The molecular weight excluding hydrogens is 560 g/mol. The van der Waals surface area contributed by atoms with Crippen molar-refractivity contribution in [1.29, 1.82) is 0 Å². The van der Waals surface area contributed by atoms with Gasteiger partial charge in [-0.25, -0.2) is 18.0 Å². The molecular formula is C31H28N2O8S. The van der Waals surface area contributed by atoms with E-state index in [2.05, 4.69) is 17.0 Å². The predicted octanol–water partition coefficient (Wildman–Crippen LogP) is 6.27. The third-order valence-electron chi connectivity index (χ3n) is 6.26. The molecule has 0 fully saturated rings. The SMILES string of the molecule is CCCCc1ccc(C(=O)Nc2ccc(Oc3ccc(NS(=O)(=O)c4ccccc4)c(C(=O)O)c3)cc2C(=O)O)cc1.